The molecule has 4 atom stereocenters. The number of amides is 1. The Balaban J connectivity index is 1.17. The molecular formula is C28H32FN5O2. The number of nitriles is 1. The van der Waals surface area contributed by atoms with Gasteiger partial charge in [0.15, 0.2) is 0 Å². The van der Waals surface area contributed by atoms with E-state index >= 15 is 4.39 Å². The van der Waals surface area contributed by atoms with Gasteiger partial charge in [-0.15, -0.1) is 0 Å². The number of hydrogen-bond acceptors (Lipinski definition) is 6. The number of benzene rings is 1. The van der Waals surface area contributed by atoms with Gasteiger partial charge in [0.05, 0.1) is 30.0 Å². The Labute approximate surface area is 211 Å². The summed E-state index contributed by atoms with van der Waals surface area (Å²) in [5, 5.41) is 15.8. The van der Waals surface area contributed by atoms with E-state index < -0.39 is 11.9 Å². The van der Waals surface area contributed by atoms with Crippen LogP contribution in [0, 0.1) is 23.1 Å². The van der Waals surface area contributed by atoms with E-state index in [1.165, 1.54) is 11.6 Å². The van der Waals surface area contributed by atoms with Crippen LogP contribution in [0.5, 0.6) is 0 Å². The molecule has 4 heterocycles. The lowest BCUT2D eigenvalue weighted by molar-refractivity contribution is -0.124. The van der Waals surface area contributed by atoms with Crippen molar-refractivity contribution in [3.8, 4) is 17.3 Å². The van der Waals surface area contributed by atoms with Crippen molar-refractivity contribution in [2.24, 2.45) is 5.92 Å². The second kappa shape index (κ2) is 9.22. The molecule has 3 aliphatic heterocycles. The number of hydrogen-bond donors (Lipinski definition) is 2. The third-order valence-corrected chi connectivity index (χ3v) is 8.66. The minimum absolute atomic E-state index is 0.122. The molecule has 6 rings (SSSR count). The molecule has 0 radical (unpaired) electrons. The summed E-state index contributed by atoms with van der Waals surface area (Å²) in [4.78, 5) is 19.6. The SMILES string of the molecule is CN1CCC2(CC1)OCc1cnc(-c3ccc(C[C@@H](C#N)NC(=O)C4NC5CCC4C5)c(F)c3)cc12. The molecule has 1 aromatic carbocycles. The van der Waals surface area contributed by atoms with Gasteiger partial charge in [-0.05, 0) is 68.3 Å². The van der Waals surface area contributed by atoms with Gasteiger partial charge in [0.2, 0.25) is 5.91 Å². The number of pyridine rings is 1. The number of fused-ring (bicyclic) bond motifs is 4. The average Bonchev–Trinajstić information content (AvgIpc) is 3.62. The number of nitrogens with zero attached hydrogens (tertiary/aromatic N) is 3. The fourth-order valence-electron chi connectivity index (χ4n) is 6.50. The zero-order valence-corrected chi connectivity index (χ0v) is 20.6. The lowest BCUT2D eigenvalue weighted by atomic mass is 9.84. The van der Waals surface area contributed by atoms with Crippen LogP contribution < -0.4 is 10.6 Å². The van der Waals surface area contributed by atoms with E-state index in [0.29, 0.717) is 29.7 Å². The highest BCUT2D eigenvalue weighted by molar-refractivity contribution is 5.83. The van der Waals surface area contributed by atoms with Crippen molar-refractivity contribution in [1.29, 1.82) is 5.26 Å². The van der Waals surface area contributed by atoms with E-state index in [9.17, 15) is 10.1 Å². The fourth-order valence-corrected chi connectivity index (χ4v) is 6.50. The standard InChI is InChI=1S/C28H32FN5O2/c1-34-8-6-28(7-9-34)23-13-25(31-15-20(23)16-36-28)18-3-2-17(24(29)12-18)10-22(14-30)33-27(35)26-19-4-5-21(11-19)32-26/h2-3,12-13,15,19,21-22,26,32H,4-11,16H2,1H3,(H,33,35)/t19?,21?,22-,26?/m0/s1. The Morgan fingerprint density at radius 2 is 2.19 bits per heavy atom. The van der Waals surface area contributed by atoms with Gasteiger partial charge in [-0.3, -0.25) is 9.78 Å². The van der Waals surface area contributed by atoms with Crippen LogP contribution in [-0.4, -0.2) is 54.1 Å². The number of likely N-dealkylation sites (tertiary alicyclic amines) is 1. The lowest BCUT2D eigenvalue weighted by Gasteiger charge is -2.37. The largest absolute Gasteiger partial charge is 0.365 e. The first-order valence-corrected chi connectivity index (χ1v) is 13.0. The topological polar surface area (TPSA) is 90.3 Å². The molecule has 3 fully saturated rings. The number of halogens is 1. The number of carbonyl (C=O) groups excluding carboxylic acids is 1. The highest BCUT2D eigenvalue weighted by atomic mass is 19.1. The van der Waals surface area contributed by atoms with E-state index in [-0.39, 0.29) is 24.0 Å². The molecule has 7 nitrogen and oxygen atoms in total. The minimum atomic E-state index is -0.779. The molecular weight excluding hydrogens is 457 g/mol. The molecule has 4 aliphatic rings. The first kappa shape index (κ1) is 23.5. The van der Waals surface area contributed by atoms with Crippen molar-refractivity contribution in [2.45, 2.75) is 68.9 Å². The normalized spacial score (nSPS) is 27.1. The van der Waals surface area contributed by atoms with Crippen LogP contribution in [0.25, 0.3) is 11.3 Å². The van der Waals surface area contributed by atoms with Crippen molar-refractivity contribution < 1.29 is 13.9 Å². The van der Waals surface area contributed by atoms with E-state index in [4.69, 9.17) is 4.74 Å². The number of nitrogens with one attached hydrogen (secondary N) is 2. The Morgan fingerprint density at radius 3 is 2.89 bits per heavy atom. The first-order chi connectivity index (χ1) is 17.4. The maximum atomic E-state index is 15.2. The van der Waals surface area contributed by atoms with Gasteiger partial charge in [0.1, 0.15) is 11.9 Å². The summed E-state index contributed by atoms with van der Waals surface area (Å²) in [6.45, 7) is 2.53. The molecule has 2 bridgehead atoms. The molecule has 1 aromatic heterocycles. The van der Waals surface area contributed by atoms with Crippen LogP contribution in [0.1, 0.15) is 48.8 Å². The van der Waals surface area contributed by atoms with Crippen molar-refractivity contribution >= 4 is 5.91 Å². The molecule has 36 heavy (non-hydrogen) atoms. The predicted molar refractivity (Wildman–Crippen MR) is 132 cm³/mol. The molecule has 2 saturated heterocycles. The third kappa shape index (κ3) is 4.19. The zero-order valence-electron chi connectivity index (χ0n) is 20.6. The van der Waals surface area contributed by atoms with E-state index in [1.54, 1.807) is 6.07 Å². The molecule has 1 spiro atoms. The Morgan fingerprint density at radius 1 is 1.36 bits per heavy atom. The molecule has 3 unspecified atom stereocenters. The van der Waals surface area contributed by atoms with Crippen molar-refractivity contribution in [2.75, 3.05) is 20.1 Å². The van der Waals surface area contributed by atoms with Crippen LogP contribution in [0.15, 0.2) is 30.5 Å². The van der Waals surface area contributed by atoms with Crippen LogP contribution in [0.2, 0.25) is 0 Å². The van der Waals surface area contributed by atoms with Gasteiger partial charge < -0.3 is 20.3 Å². The van der Waals surface area contributed by atoms with Gasteiger partial charge in [-0.2, -0.15) is 5.26 Å². The van der Waals surface area contributed by atoms with E-state index in [2.05, 4.69) is 39.7 Å². The molecule has 1 aliphatic carbocycles. The van der Waals surface area contributed by atoms with Gasteiger partial charge in [0.25, 0.3) is 0 Å². The number of ether oxygens (including phenoxy) is 1. The number of carbonyl (C=O) groups is 1. The lowest BCUT2D eigenvalue weighted by Crippen LogP contribution is -2.50. The van der Waals surface area contributed by atoms with E-state index in [1.807, 2.05) is 12.3 Å². The highest BCUT2D eigenvalue weighted by Gasteiger charge is 2.44. The second-order valence-electron chi connectivity index (χ2n) is 10.9. The van der Waals surface area contributed by atoms with Crippen molar-refractivity contribution in [1.82, 2.24) is 20.5 Å². The second-order valence-corrected chi connectivity index (χ2v) is 10.9. The van der Waals surface area contributed by atoms with Gasteiger partial charge in [-0.25, -0.2) is 4.39 Å². The van der Waals surface area contributed by atoms with Gasteiger partial charge >= 0.3 is 0 Å². The Kier molecular flexibility index (Phi) is 6.03. The van der Waals surface area contributed by atoms with Gasteiger partial charge in [-0.1, -0.05) is 12.1 Å². The number of aromatic nitrogens is 1. The summed E-state index contributed by atoms with van der Waals surface area (Å²) in [6.07, 6.45) is 7.03. The Bertz CT molecular complexity index is 1220. The molecule has 8 heteroatoms. The Hall–Kier alpha value is -2.86. The molecule has 188 valence electrons. The molecule has 1 amide bonds. The molecule has 2 aromatic rings. The maximum Gasteiger partial charge on any atom is 0.238 e. The smallest absolute Gasteiger partial charge is 0.238 e. The summed E-state index contributed by atoms with van der Waals surface area (Å²) in [5.74, 6) is -0.213. The van der Waals surface area contributed by atoms with Gasteiger partial charge in [0, 0.05) is 42.9 Å². The number of piperidine rings is 2. The predicted octanol–water partition coefficient (Wildman–Crippen LogP) is 3.03. The zero-order chi connectivity index (χ0) is 24.9. The summed E-state index contributed by atoms with van der Waals surface area (Å²) in [5.41, 5.74) is 3.82. The third-order valence-electron chi connectivity index (χ3n) is 8.66. The van der Waals surface area contributed by atoms with Crippen LogP contribution in [0.3, 0.4) is 0 Å². The summed E-state index contributed by atoms with van der Waals surface area (Å²) in [6, 6.07) is 8.60. The number of rotatable bonds is 5. The van der Waals surface area contributed by atoms with Crippen molar-refractivity contribution in [3.05, 3.63) is 53.0 Å². The quantitative estimate of drug-likeness (QED) is 0.671. The minimum Gasteiger partial charge on any atom is -0.365 e. The summed E-state index contributed by atoms with van der Waals surface area (Å²) < 4.78 is 21.4. The van der Waals surface area contributed by atoms with Crippen molar-refractivity contribution in [3.63, 3.8) is 0 Å². The monoisotopic (exact) mass is 489 g/mol. The highest BCUT2D eigenvalue weighted by Crippen LogP contribution is 2.44. The first-order valence-electron chi connectivity index (χ1n) is 13.0. The summed E-state index contributed by atoms with van der Waals surface area (Å²) in [7, 11) is 2.13. The summed E-state index contributed by atoms with van der Waals surface area (Å²) >= 11 is 0. The average molecular weight is 490 g/mol. The fraction of sp³-hybridized carbons (Fsp3) is 0.536. The van der Waals surface area contributed by atoms with Crippen LogP contribution in [-0.2, 0) is 28.2 Å². The maximum absolute atomic E-state index is 15.2. The van der Waals surface area contributed by atoms with Crippen LogP contribution in [0.4, 0.5) is 4.39 Å². The van der Waals surface area contributed by atoms with Crippen LogP contribution >= 0.6 is 0 Å². The molecule has 2 N–H and O–H groups in total. The van der Waals surface area contributed by atoms with E-state index in [0.717, 1.165) is 56.5 Å². The molecule has 1 saturated carbocycles.